The van der Waals surface area contributed by atoms with Crippen molar-refractivity contribution < 1.29 is 9.90 Å². The molecule has 0 unspecified atom stereocenters. The standard InChI is InChI=1S/C28H38N4O2S/c1-27(2,19-33)31-24-11-10-23(25(30-24)32-16-14-28(12-13-28)15-17-32)26(34)29-20-6-5-9-22(18-20)35-21-7-3-4-8-21/h5-6,9-11,18,21,33H,3-4,7-8,12-17,19H2,1-2H3,(H,29,34)(H,30,31). The monoisotopic (exact) mass is 494 g/mol. The van der Waals surface area contributed by atoms with Crippen LogP contribution in [0, 0.1) is 5.41 Å². The van der Waals surface area contributed by atoms with E-state index in [1.807, 2.05) is 49.9 Å². The number of hydrogen-bond acceptors (Lipinski definition) is 6. The molecule has 3 fully saturated rings. The van der Waals surface area contributed by atoms with Gasteiger partial charge in [0.2, 0.25) is 0 Å². The highest BCUT2D eigenvalue weighted by Gasteiger charge is 2.45. The number of pyridine rings is 1. The molecular formula is C28H38N4O2S. The second kappa shape index (κ2) is 10.0. The number of piperidine rings is 1. The van der Waals surface area contributed by atoms with Crippen LogP contribution in [0.15, 0.2) is 41.3 Å². The van der Waals surface area contributed by atoms with E-state index >= 15 is 0 Å². The topological polar surface area (TPSA) is 77.5 Å². The lowest BCUT2D eigenvalue weighted by Crippen LogP contribution is -2.38. The van der Waals surface area contributed by atoms with Crippen LogP contribution in [0.1, 0.15) is 75.6 Å². The highest BCUT2D eigenvalue weighted by atomic mass is 32.2. The van der Waals surface area contributed by atoms with Crippen LogP contribution in [-0.2, 0) is 0 Å². The summed E-state index contributed by atoms with van der Waals surface area (Å²) in [6.45, 7) is 5.71. The first-order chi connectivity index (χ1) is 16.8. The maximum atomic E-state index is 13.5. The molecule has 1 aromatic heterocycles. The second-order valence-corrected chi connectivity index (χ2v) is 12.6. The Balaban J connectivity index is 1.36. The number of nitrogens with zero attached hydrogens (tertiary/aromatic N) is 2. The normalized spacial score (nSPS) is 19.7. The third-order valence-electron chi connectivity index (χ3n) is 7.76. The van der Waals surface area contributed by atoms with Gasteiger partial charge in [0.1, 0.15) is 11.6 Å². The Labute approximate surface area is 213 Å². The molecule has 1 aliphatic heterocycles. The number of aliphatic hydroxyl groups excluding tert-OH is 1. The fourth-order valence-electron chi connectivity index (χ4n) is 5.24. The van der Waals surface area contributed by atoms with E-state index in [0.29, 0.717) is 22.0 Å². The van der Waals surface area contributed by atoms with Gasteiger partial charge in [0, 0.05) is 28.9 Å². The Morgan fingerprint density at radius 2 is 1.89 bits per heavy atom. The van der Waals surface area contributed by atoms with Crippen molar-refractivity contribution >= 4 is 35.0 Å². The highest BCUT2D eigenvalue weighted by Crippen LogP contribution is 2.54. The zero-order valence-electron chi connectivity index (χ0n) is 21.0. The Morgan fingerprint density at radius 1 is 1.14 bits per heavy atom. The quantitative estimate of drug-likeness (QED) is 0.422. The van der Waals surface area contributed by atoms with Crippen LogP contribution >= 0.6 is 11.8 Å². The predicted molar refractivity (Wildman–Crippen MR) is 145 cm³/mol. The van der Waals surface area contributed by atoms with Crippen molar-refractivity contribution in [1.82, 2.24) is 4.98 Å². The minimum atomic E-state index is -0.495. The first-order valence-corrected chi connectivity index (χ1v) is 14.0. The summed E-state index contributed by atoms with van der Waals surface area (Å²) in [6, 6.07) is 11.9. The van der Waals surface area contributed by atoms with E-state index in [1.54, 1.807) is 0 Å². The van der Waals surface area contributed by atoms with Gasteiger partial charge in [0.15, 0.2) is 0 Å². The number of anilines is 3. The number of aromatic nitrogens is 1. The molecule has 2 heterocycles. The summed E-state index contributed by atoms with van der Waals surface area (Å²) in [6.07, 6.45) is 10.2. The molecule has 0 atom stereocenters. The van der Waals surface area contributed by atoms with Crippen molar-refractivity contribution in [3.05, 3.63) is 42.0 Å². The van der Waals surface area contributed by atoms with E-state index in [2.05, 4.69) is 27.7 Å². The van der Waals surface area contributed by atoms with Crippen molar-refractivity contribution in [2.45, 2.75) is 80.9 Å². The van der Waals surface area contributed by atoms with Crippen LogP contribution in [0.3, 0.4) is 0 Å². The summed E-state index contributed by atoms with van der Waals surface area (Å²) in [5, 5.41) is 16.8. The zero-order chi connectivity index (χ0) is 24.5. The summed E-state index contributed by atoms with van der Waals surface area (Å²) in [5.74, 6) is 1.28. The number of aliphatic hydroxyl groups is 1. The Kier molecular flexibility index (Phi) is 6.99. The fraction of sp³-hybridized carbons (Fsp3) is 0.571. The molecule has 0 bridgehead atoms. The summed E-state index contributed by atoms with van der Waals surface area (Å²) >= 11 is 1.93. The van der Waals surface area contributed by atoms with Gasteiger partial charge in [0.25, 0.3) is 5.91 Å². The molecular weight excluding hydrogens is 456 g/mol. The van der Waals surface area contributed by atoms with E-state index in [4.69, 9.17) is 4.98 Å². The summed E-state index contributed by atoms with van der Waals surface area (Å²) in [7, 11) is 0. The van der Waals surface area contributed by atoms with Gasteiger partial charge in [0.05, 0.1) is 17.7 Å². The molecule has 5 rings (SSSR count). The average Bonchev–Trinajstić information content (AvgIpc) is 3.39. The molecule has 0 radical (unpaired) electrons. The molecule has 35 heavy (non-hydrogen) atoms. The van der Waals surface area contributed by atoms with Crippen molar-refractivity contribution in [3.8, 4) is 0 Å². The van der Waals surface area contributed by atoms with Gasteiger partial charge in [-0.05, 0) is 88.1 Å². The molecule has 1 aromatic carbocycles. The SMILES string of the molecule is CC(C)(CO)Nc1ccc(C(=O)Nc2cccc(SC3CCCC3)c2)c(N2CCC3(CC2)CC3)n1. The van der Waals surface area contributed by atoms with E-state index in [-0.39, 0.29) is 12.5 Å². The molecule has 2 aliphatic carbocycles. The lowest BCUT2D eigenvalue weighted by atomic mass is 9.93. The molecule has 1 saturated heterocycles. The van der Waals surface area contributed by atoms with Gasteiger partial charge < -0.3 is 20.6 Å². The van der Waals surface area contributed by atoms with Crippen LogP contribution in [0.2, 0.25) is 0 Å². The van der Waals surface area contributed by atoms with Gasteiger partial charge in [-0.2, -0.15) is 0 Å². The first kappa shape index (κ1) is 24.4. The maximum absolute atomic E-state index is 13.5. The molecule has 2 aromatic rings. The van der Waals surface area contributed by atoms with Gasteiger partial charge in [-0.3, -0.25) is 4.79 Å². The first-order valence-electron chi connectivity index (χ1n) is 13.1. The van der Waals surface area contributed by atoms with Crippen LogP contribution in [0.5, 0.6) is 0 Å². The Bertz CT molecular complexity index is 1050. The van der Waals surface area contributed by atoms with Gasteiger partial charge in [-0.15, -0.1) is 11.8 Å². The Morgan fingerprint density at radius 3 is 2.57 bits per heavy atom. The minimum absolute atomic E-state index is 0.00626. The largest absolute Gasteiger partial charge is 0.394 e. The average molecular weight is 495 g/mol. The van der Waals surface area contributed by atoms with E-state index in [1.165, 1.54) is 43.4 Å². The van der Waals surface area contributed by atoms with Gasteiger partial charge in [-0.25, -0.2) is 4.98 Å². The van der Waals surface area contributed by atoms with Crippen molar-refractivity contribution in [3.63, 3.8) is 0 Å². The van der Waals surface area contributed by atoms with Crippen molar-refractivity contribution in [1.29, 1.82) is 0 Å². The van der Waals surface area contributed by atoms with E-state index < -0.39 is 5.54 Å². The summed E-state index contributed by atoms with van der Waals surface area (Å²) < 4.78 is 0. The molecule has 188 valence electrons. The number of benzene rings is 1. The lowest BCUT2D eigenvalue weighted by Gasteiger charge is -2.34. The number of rotatable bonds is 8. The molecule has 3 N–H and O–H groups in total. The number of amides is 1. The van der Waals surface area contributed by atoms with Crippen LogP contribution in [-0.4, -0.2) is 46.5 Å². The van der Waals surface area contributed by atoms with E-state index in [9.17, 15) is 9.90 Å². The van der Waals surface area contributed by atoms with Crippen LogP contribution in [0.25, 0.3) is 0 Å². The lowest BCUT2D eigenvalue weighted by molar-refractivity contribution is 0.102. The van der Waals surface area contributed by atoms with Gasteiger partial charge in [-0.1, -0.05) is 18.9 Å². The van der Waals surface area contributed by atoms with Crippen LogP contribution in [0.4, 0.5) is 17.3 Å². The van der Waals surface area contributed by atoms with Crippen molar-refractivity contribution in [2.75, 3.05) is 35.2 Å². The third kappa shape index (κ3) is 5.95. The molecule has 7 heteroatoms. The molecule has 6 nitrogen and oxygen atoms in total. The van der Waals surface area contributed by atoms with Crippen LogP contribution < -0.4 is 15.5 Å². The predicted octanol–water partition coefficient (Wildman–Crippen LogP) is 5.93. The third-order valence-corrected chi connectivity index (χ3v) is 9.09. The zero-order valence-corrected chi connectivity index (χ0v) is 21.8. The molecule has 1 amide bonds. The fourth-order valence-corrected chi connectivity index (χ4v) is 6.54. The molecule has 2 saturated carbocycles. The maximum Gasteiger partial charge on any atom is 0.259 e. The Hall–Kier alpha value is -2.25. The number of nitrogens with one attached hydrogen (secondary N) is 2. The number of carbonyl (C=O) groups is 1. The summed E-state index contributed by atoms with van der Waals surface area (Å²) in [4.78, 5) is 21.8. The van der Waals surface area contributed by atoms with E-state index in [0.717, 1.165) is 37.4 Å². The highest BCUT2D eigenvalue weighted by molar-refractivity contribution is 8.00. The molecule has 1 spiro atoms. The smallest absolute Gasteiger partial charge is 0.259 e. The summed E-state index contributed by atoms with van der Waals surface area (Å²) in [5.41, 5.74) is 1.47. The second-order valence-electron chi connectivity index (χ2n) is 11.2. The van der Waals surface area contributed by atoms with Crippen molar-refractivity contribution in [2.24, 2.45) is 5.41 Å². The van der Waals surface area contributed by atoms with Gasteiger partial charge >= 0.3 is 0 Å². The number of carbonyl (C=O) groups excluding carboxylic acids is 1. The minimum Gasteiger partial charge on any atom is -0.394 e. The number of thioether (sulfide) groups is 1. The number of hydrogen-bond donors (Lipinski definition) is 3. The molecule has 3 aliphatic rings.